The molecule has 1 fully saturated rings. The number of quaternary nitrogens is 1. The summed E-state index contributed by atoms with van der Waals surface area (Å²) >= 11 is 12.2. The number of nitrogens with two attached hydrogens (primary N) is 1. The molecule has 0 aliphatic carbocycles. The second kappa shape index (κ2) is 4.52. The van der Waals surface area contributed by atoms with Crippen molar-refractivity contribution in [1.29, 1.82) is 0 Å². The van der Waals surface area contributed by atoms with Crippen LogP contribution in [0, 0.1) is 0 Å². The van der Waals surface area contributed by atoms with Crippen LogP contribution in [0.4, 0.5) is 0 Å². The highest BCUT2D eigenvalue weighted by molar-refractivity contribution is 6.42. The molecule has 1 nitrogen and oxygen atoms in total. The zero-order valence-electron chi connectivity index (χ0n) is 7.97. The van der Waals surface area contributed by atoms with Gasteiger partial charge in [0.1, 0.15) is 6.04 Å². The molecule has 0 aromatic heterocycles. The highest BCUT2D eigenvalue weighted by Crippen LogP contribution is 2.30. The first-order valence-electron chi connectivity index (χ1n) is 5.06. The highest BCUT2D eigenvalue weighted by Gasteiger charge is 2.21. The Hall–Kier alpha value is -0.240. The van der Waals surface area contributed by atoms with Gasteiger partial charge in [-0.25, -0.2) is 0 Å². The van der Waals surface area contributed by atoms with Crippen molar-refractivity contribution in [3.05, 3.63) is 33.8 Å². The normalized spacial score (nSPS) is 22.3. The van der Waals surface area contributed by atoms with Crippen molar-refractivity contribution < 1.29 is 5.32 Å². The van der Waals surface area contributed by atoms with E-state index < -0.39 is 0 Å². The Labute approximate surface area is 94.4 Å². The first kappa shape index (κ1) is 10.3. The van der Waals surface area contributed by atoms with Gasteiger partial charge in [-0.05, 0) is 18.9 Å². The third-order valence-corrected chi connectivity index (χ3v) is 3.63. The molecule has 2 rings (SSSR count). The molecule has 1 aromatic rings. The van der Waals surface area contributed by atoms with E-state index in [4.69, 9.17) is 23.2 Å². The molecule has 3 heteroatoms. The molecule has 0 bridgehead atoms. The molecule has 0 unspecified atom stereocenters. The Morgan fingerprint density at radius 1 is 1.21 bits per heavy atom. The van der Waals surface area contributed by atoms with Crippen molar-refractivity contribution in [2.24, 2.45) is 0 Å². The molecular weight excluding hydrogens is 217 g/mol. The Kier molecular flexibility index (Phi) is 3.32. The summed E-state index contributed by atoms with van der Waals surface area (Å²) in [5.41, 5.74) is 1.19. The van der Waals surface area contributed by atoms with Gasteiger partial charge < -0.3 is 5.32 Å². The molecule has 1 heterocycles. The van der Waals surface area contributed by atoms with E-state index in [-0.39, 0.29) is 0 Å². The lowest BCUT2D eigenvalue weighted by molar-refractivity contribution is -0.704. The van der Waals surface area contributed by atoms with E-state index >= 15 is 0 Å². The topological polar surface area (TPSA) is 16.6 Å². The third-order valence-electron chi connectivity index (χ3n) is 2.80. The fourth-order valence-electron chi connectivity index (χ4n) is 2.03. The summed E-state index contributed by atoms with van der Waals surface area (Å²) in [5.74, 6) is 0. The molecule has 1 aliphatic rings. The molecule has 0 amide bonds. The van der Waals surface area contributed by atoms with Crippen molar-refractivity contribution in [3.63, 3.8) is 0 Å². The van der Waals surface area contributed by atoms with Crippen LogP contribution in [0.15, 0.2) is 18.2 Å². The van der Waals surface area contributed by atoms with E-state index in [1.165, 1.54) is 31.4 Å². The first-order chi connectivity index (χ1) is 6.79. The summed E-state index contributed by atoms with van der Waals surface area (Å²) in [5, 5.41) is 3.77. The number of hydrogen-bond acceptors (Lipinski definition) is 0. The van der Waals surface area contributed by atoms with Crippen LogP contribution in [0.5, 0.6) is 0 Å². The van der Waals surface area contributed by atoms with E-state index in [2.05, 4.69) is 11.4 Å². The van der Waals surface area contributed by atoms with Crippen molar-refractivity contribution >= 4 is 23.2 Å². The molecule has 1 aromatic carbocycles. The van der Waals surface area contributed by atoms with Gasteiger partial charge in [-0.1, -0.05) is 35.3 Å². The molecule has 1 saturated heterocycles. The smallest absolute Gasteiger partial charge is 0.113 e. The number of halogens is 2. The lowest BCUT2D eigenvalue weighted by Crippen LogP contribution is -2.86. The van der Waals surface area contributed by atoms with Crippen molar-refractivity contribution in [3.8, 4) is 0 Å². The molecule has 2 N–H and O–H groups in total. The SMILES string of the molecule is Clc1cccc([C@H]2CCCC[NH2+]2)c1Cl. The molecule has 0 spiro atoms. The average molecular weight is 231 g/mol. The van der Waals surface area contributed by atoms with Gasteiger partial charge in [-0.15, -0.1) is 0 Å². The molecule has 14 heavy (non-hydrogen) atoms. The fourth-order valence-corrected chi connectivity index (χ4v) is 2.48. The predicted molar refractivity (Wildman–Crippen MR) is 59.8 cm³/mol. The summed E-state index contributed by atoms with van der Waals surface area (Å²) in [6.07, 6.45) is 3.82. The second-order valence-electron chi connectivity index (χ2n) is 3.77. The minimum atomic E-state index is 0.509. The van der Waals surface area contributed by atoms with E-state index in [9.17, 15) is 0 Å². The van der Waals surface area contributed by atoms with Crippen LogP contribution < -0.4 is 5.32 Å². The molecule has 1 atom stereocenters. The summed E-state index contributed by atoms with van der Waals surface area (Å²) in [7, 11) is 0. The van der Waals surface area contributed by atoms with Crippen LogP contribution in [-0.4, -0.2) is 6.54 Å². The molecule has 0 radical (unpaired) electrons. The van der Waals surface area contributed by atoms with E-state index in [0.717, 1.165) is 5.02 Å². The molecule has 0 saturated carbocycles. The van der Waals surface area contributed by atoms with Crippen LogP contribution in [0.1, 0.15) is 30.9 Å². The van der Waals surface area contributed by atoms with Gasteiger partial charge in [0.2, 0.25) is 0 Å². The Morgan fingerprint density at radius 3 is 2.79 bits per heavy atom. The van der Waals surface area contributed by atoms with Crippen molar-refractivity contribution in [2.45, 2.75) is 25.3 Å². The van der Waals surface area contributed by atoms with Crippen LogP contribution in [0.3, 0.4) is 0 Å². The van der Waals surface area contributed by atoms with E-state index in [1.807, 2.05) is 12.1 Å². The Balaban J connectivity index is 2.26. The van der Waals surface area contributed by atoms with Crippen LogP contribution in [0.2, 0.25) is 10.0 Å². The average Bonchev–Trinajstić information content (AvgIpc) is 2.23. The van der Waals surface area contributed by atoms with Crippen LogP contribution in [-0.2, 0) is 0 Å². The number of piperidine rings is 1. The summed E-state index contributed by atoms with van der Waals surface area (Å²) in [4.78, 5) is 0. The zero-order chi connectivity index (χ0) is 9.97. The highest BCUT2D eigenvalue weighted by atomic mass is 35.5. The summed E-state index contributed by atoms with van der Waals surface area (Å²) < 4.78 is 0. The Bertz CT molecular complexity index is 319. The fraction of sp³-hybridized carbons (Fsp3) is 0.455. The standard InChI is InChI=1S/C11H13Cl2N/c12-9-5-3-4-8(11(9)13)10-6-1-2-7-14-10/h3-5,10,14H,1-2,6-7H2/p+1/t10-/m1/s1. The predicted octanol–water partition coefficient (Wildman–Crippen LogP) is 2.78. The van der Waals surface area contributed by atoms with Gasteiger partial charge in [-0.3, -0.25) is 0 Å². The van der Waals surface area contributed by atoms with Crippen molar-refractivity contribution in [2.75, 3.05) is 6.54 Å². The first-order valence-corrected chi connectivity index (χ1v) is 5.82. The number of rotatable bonds is 1. The van der Waals surface area contributed by atoms with E-state index in [0.29, 0.717) is 11.1 Å². The van der Waals surface area contributed by atoms with Gasteiger partial charge in [0, 0.05) is 12.0 Å². The molecule has 76 valence electrons. The lowest BCUT2D eigenvalue weighted by atomic mass is 9.97. The number of hydrogen-bond donors (Lipinski definition) is 1. The maximum atomic E-state index is 6.17. The summed E-state index contributed by atoms with van der Waals surface area (Å²) in [6.45, 7) is 1.20. The quantitative estimate of drug-likeness (QED) is 0.765. The van der Waals surface area contributed by atoms with Gasteiger partial charge >= 0.3 is 0 Å². The Morgan fingerprint density at radius 2 is 2.07 bits per heavy atom. The van der Waals surface area contributed by atoms with Crippen LogP contribution in [0.25, 0.3) is 0 Å². The second-order valence-corrected chi connectivity index (χ2v) is 4.55. The third kappa shape index (κ3) is 2.05. The van der Waals surface area contributed by atoms with Crippen LogP contribution >= 0.6 is 23.2 Å². The summed E-state index contributed by atoms with van der Waals surface area (Å²) in [6, 6.07) is 6.41. The molecule has 1 aliphatic heterocycles. The van der Waals surface area contributed by atoms with Gasteiger partial charge in [0.05, 0.1) is 16.6 Å². The van der Waals surface area contributed by atoms with Gasteiger partial charge in [0.25, 0.3) is 0 Å². The monoisotopic (exact) mass is 230 g/mol. The zero-order valence-corrected chi connectivity index (χ0v) is 9.48. The molecular formula is C11H14Cl2N+. The maximum absolute atomic E-state index is 6.17. The van der Waals surface area contributed by atoms with Crippen molar-refractivity contribution in [1.82, 2.24) is 0 Å². The lowest BCUT2D eigenvalue weighted by Gasteiger charge is -2.21. The minimum absolute atomic E-state index is 0.509. The van der Waals surface area contributed by atoms with Gasteiger partial charge in [-0.2, -0.15) is 0 Å². The maximum Gasteiger partial charge on any atom is 0.113 e. The van der Waals surface area contributed by atoms with Gasteiger partial charge in [0.15, 0.2) is 0 Å². The minimum Gasteiger partial charge on any atom is -0.340 e. The largest absolute Gasteiger partial charge is 0.340 e. The van der Waals surface area contributed by atoms with E-state index in [1.54, 1.807) is 0 Å². The number of benzene rings is 1.